The Morgan fingerprint density at radius 1 is 1.17 bits per heavy atom. The number of amides is 1. The third kappa shape index (κ3) is 5.75. The Kier molecular flexibility index (Phi) is 6.17. The average Bonchev–Trinajstić information content (AvgIpc) is 3.02. The van der Waals surface area contributed by atoms with Crippen LogP contribution < -0.4 is 5.32 Å². The molecule has 1 amide bonds. The van der Waals surface area contributed by atoms with Crippen molar-refractivity contribution < 1.29 is 19.8 Å². The molecule has 0 spiro atoms. The molecule has 5 nitrogen and oxygen atoms in total. The summed E-state index contributed by atoms with van der Waals surface area (Å²) < 4.78 is 0. The molecule has 1 aromatic heterocycles. The summed E-state index contributed by atoms with van der Waals surface area (Å²) in [5, 5.41) is 23.0. The first-order chi connectivity index (χ1) is 11.0. The highest BCUT2D eigenvalue weighted by atomic mass is 32.1. The van der Waals surface area contributed by atoms with Gasteiger partial charge in [0.25, 0.3) is 0 Å². The van der Waals surface area contributed by atoms with Crippen LogP contribution in [0.4, 0.5) is 0 Å². The van der Waals surface area contributed by atoms with Gasteiger partial charge in [-0.25, -0.2) is 4.79 Å². The van der Waals surface area contributed by atoms with Gasteiger partial charge in [-0.15, -0.1) is 11.3 Å². The maximum absolute atomic E-state index is 11.9. The SMILES string of the molecule is O=C(CCCc1cccs1)NC(Cc1ccc(O)cc1)C(=O)O. The van der Waals surface area contributed by atoms with E-state index in [1.807, 2.05) is 17.5 Å². The zero-order valence-corrected chi connectivity index (χ0v) is 13.4. The molecule has 0 radical (unpaired) electrons. The molecule has 0 aliphatic carbocycles. The summed E-state index contributed by atoms with van der Waals surface area (Å²) in [5.74, 6) is -1.20. The largest absolute Gasteiger partial charge is 0.508 e. The van der Waals surface area contributed by atoms with E-state index in [0.29, 0.717) is 12.8 Å². The van der Waals surface area contributed by atoms with E-state index in [1.165, 1.54) is 17.0 Å². The number of aryl methyl sites for hydroxylation is 1. The molecule has 2 aromatic rings. The van der Waals surface area contributed by atoms with E-state index in [2.05, 4.69) is 5.32 Å². The predicted octanol–water partition coefficient (Wildman–Crippen LogP) is 2.59. The van der Waals surface area contributed by atoms with E-state index >= 15 is 0 Å². The van der Waals surface area contributed by atoms with Crippen molar-refractivity contribution >= 4 is 23.2 Å². The number of phenols is 1. The van der Waals surface area contributed by atoms with E-state index in [9.17, 15) is 19.8 Å². The van der Waals surface area contributed by atoms with Crippen molar-refractivity contribution in [3.8, 4) is 5.75 Å². The molecule has 0 bridgehead atoms. The van der Waals surface area contributed by atoms with Crippen LogP contribution in [-0.4, -0.2) is 28.1 Å². The summed E-state index contributed by atoms with van der Waals surface area (Å²) in [5.41, 5.74) is 0.745. The van der Waals surface area contributed by atoms with Crippen molar-refractivity contribution in [3.63, 3.8) is 0 Å². The fraction of sp³-hybridized carbons (Fsp3) is 0.294. The first-order valence-electron chi connectivity index (χ1n) is 7.37. The van der Waals surface area contributed by atoms with Gasteiger partial charge in [-0.1, -0.05) is 18.2 Å². The molecule has 122 valence electrons. The number of rotatable bonds is 8. The van der Waals surface area contributed by atoms with E-state index in [-0.39, 0.29) is 18.1 Å². The molecule has 23 heavy (non-hydrogen) atoms. The molecule has 1 heterocycles. The first-order valence-corrected chi connectivity index (χ1v) is 8.25. The van der Waals surface area contributed by atoms with Crippen LogP contribution in [-0.2, 0) is 22.4 Å². The molecular weight excluding hydrogens is 314 g/mol. The van der Waals surface area contributed by atoms with Gasteiger partial charge in [-0.05, 0) is 42.0 Å². The average molecular weight is 333 g/mol. The van der Waals surface area contributed by atoms with Crippen molar-refractivity contribution in [2.45, 2.75) is 31.7 Å². The van der Waals surface area contributed by atoms with Crippen LogP contribution in [0.1, 0.15) is 23.3 Å². The maximum Gasteiger partial charge on any atom is 0.326 e. The zero-order valence-electron chi connectivity index (χ0n) is 12.6. The molecule has 1 atom stereocenters. The van der Waals surface area contributed by atoms with Gasteiger partial charge in [0.05, 0.1) is 0 Å². The topological polar surface area (TPSA) is 86.6 Å². The minimum atomic E-state index is -1.07. The maximum atomic E-state index is 11.9. The van der Waals surface area contributed by atoms with Gasteiger partial charge in [0.15, 0.2) is 0 Å². The second-order valence-electron chi connectivity index (χ2n) is 5.26. The molecule has 6 heteroatoms. The Bertz CT molecular complexity index is 637. The third-order valence-electron chi connectivity index (χ3n) is 3.42. The van der Waals surface area contributed by atoms with E-state index in [4.69, 9.17) is 0 Å². The van der Waals surface area contributed by atoms with E-state index < -0.39 is 12.0 Å². The van der Waals surface area contributed by atoms with Crippen molar-refractivity contribution in [1.82, 2.24) is 5.32 Å². The number of aromatic hydroxyl groups is 1. The molecule has 0 aliphatic rings. The number of nitrogens with one attached hydrogen (secondary N) is 1. The Hall–Kier alpha value is -2.34. The molecule has 1 unspecified atom stereocenters. The van der Waals surface area contributed by atoms with Gasteiger partial charge >= 0.3 is 5.97 Å². The molecule has 1 aromatic carbocycles. The van der Waals surface area contributed by atoms with Gasteiger partial charge in [0, 0.05) is 17.7 Å². The minimum absolute atomic E-state index is 0.123. The molecule has 0 saturated carbocycles. The molecule has 0 saturated heterocycles. The highest BCUT2D eigenvalue weighted by molar-refractivity contribution is 7.09. The number of phenolic OH excluding ortho intramolecular Hbond substituents is 1. The summed E-state index contributed by atoms with van der Waals surface area (Å²) in [6, 6.07) is 9.32. The van der Waals surface area contributed by atoms with Crippen LogP contribution in [0.15, 0.2) is 41.8 Å². The Labute approximate surface area is 138 Å². The van der Waals surface area contributed by atoms with Crippen LogP contribution in [0.2, 0.25) is 0 Å². The summed E-state index contributed by atoms with van der Waals surface area (Å²) in [6.07, 6.45) is 2.00. The van der Waals surface area contributed by atoms with Gasteiger partial charge in [-0.3, -0.25) is 4.79 Å². The third-order valence-corrected chi connectivity index (χ3v) is 4.35. The van der Waals surface area contributed by atoms with Crippen LogP contribution in [0.25, 0.3) is 0 Å². The number of carboxylic acid groups (broad SMARTS) is 1. The molecule has 2 rings (SSSR count). The van der Waals surface area contributed by atoms with Crippen molar-refractivity contribution in [2.75, 3.05) is 0 Å². The van der Waals surface area contributed by atoms with Crippen molar-refractivity contribution in [2.24, 2.45) is 0 Å². The van der Waals surface area contributed by atoms with Gasteiger partial charge in [0.2, 0.25) is 5.91 Å². The standard InChI is InChI=1S/C17H19NO4S/c19-13-8-6-12(7-9-13)11-15(17(21)22)18-16(20)5-1-3-14-4-2-10-23-14/h2,4,6-10,15,19H,1,3,5,11H2,(H,18,20)(H,21,22). The first kappa shape index (κ1) is 17.0. The monoisotopic (exact) mass is 333 g/mol. The smallest absolute Gasteiger partial charge is 0.326 e. The number of carboxylic acids is 1. The lowest BCUT2D eigenvalue weighted by molar-refractivity contribution is -0.141. The molecule has 3 N–H and O–H groups in total. The zero-order chi connectivity index (χ0) is 16.7. The summed E-state index contributed by atoms with van der Waals surface area (Å²) >= 11 is 1.65. The highest BCUT2D eigenvalue weighted by Gasteiger charge is 2.20. The molecule has 0 aliphatic heterocycles. The summed E-state index contributed by atoms with van der Waals surface area (Å²) in [7, 11) is 0. The lowest BCUT2D eigenvalue weighted by Gasteiger charge is -2.14. The van der Waals surface area contributed by atoms with Crippen molar-refractivity contribution in [3.05, 3.63) is 52.2 Å². The van der Waals surface area contributed by atoms with Gasteiger partial charge < -0.3 is 15.5 Å². The number of carbonyl (C=O) groups is 2. The summed E-state index contributed by atoms with van der Waals surface area (Å²) in [6.45, 7) is 0. The van der Waals surface area contributed by atoms with Crippen LogP contribution >= 0.6 is 11.3 Å². The highest BCUT2D eigenvalue weighted by Crippen LogP contribution is 2.13. The number of thiophene rings is 1. The Balaban J connectivity index is 1.82. The normalized spacial score (nSPS) is 11.8. The second-order valence-corrected chi connectivity index (χ2v) is 6.29. The lowest BCUT2D eigenvalue weighted by Crippen LogP contribution is -2.42. The minimum Gasteiger partial charge on any atom is -0.508 e. The molecule has 0 fully saturated rings. The number of benzene rings is 1. The number of hydrogen-bond acceptors (Lipinski definition) is 4. The quantitative estimate of drug-likeness (QED) is 0.693. The van der Waals surface area contributed by atoms with E-state index in [1.54, 1.807) is 23.5 Å². The van der Waals surface area contributed by atoms with E-state index in [0.717, 1.165) is 12.0 Å². The summed E-state index contributed by atoms with van der Waals surface area (Å²) in [4.78, 5) is 24.4. The number of aliphatic carboxylic acids is 1. The fourth-order valence-corrected chi connectivity index (χ4v) is 2.96. The van der Waals surface area contributed by atoms with Crippen LogP contribution in [0.5, 0.6) is 5.75 Å². The van der Waals surface area contributed by atoms with Crippen LogP contribution in [0, 0.1) is 0 Å². The molecular formula is C17H19NO4S. The van der Waals surface area contributed by atoms with Crippen molar-refractivity contribution in [1.29, 1.82) is 0 Å². The number of carbonyl (C=O) groups excluding carboxylic acids is 1. The second kappa shape index (κ2) is 8.33. The number of hydrogen-bond donors (Lipinski definition) is 3. The van der Waals surface area contributed by atoms with Gasteiger partial charge in [0.1, 0.15) is 11.8 Å². The lowest BCUT2D eigenvalue weighted by atomic mass is 10.1. The Morgan fingerprint density at radius 2 is 1.91 bits per heavy atom. The van der Waals surface area contributed by atoms with Gasteiger partial charge in [-0.2, -0.15) is 0 Å². The predicted molar refractivity (Wildman–Crippen MR) is 88.6 cm³/mol. The van der Waals surface area contributed by atoms with Crippen LogP contribution in [0.3, 0.4) is 0 Å². The Morgan fingerprint density at radius 3 is 2.52 bits per heavy atom. The fourth-order valence-electron chi connectivity index (χ4n) is 2.21.